The minimum Gasteiger partial charge on any atom is -0.394 e. The fraction of sp³-hybridized carbons (Fsp3) is 1.00. The van der Waals surface area contributed by atoms with E-state index in [-0.39, 0.29) is 0 Å². The first kappa shape index (κ1) is 18.9. The predicted molar refractivity (Wildman–Crippen MR) is 70.6 cm³/mol. The van der Waals surface area contributed by atoms with Crippen LogP contribution in [-0.2, 0) is 14.2 Å². The molecule has 5 unspecified atom stereocenters. The molecule has 23 heavy (non-hydrogen) atoms. The van der Waals surface area contributed by atoms with Crippen LogP contribution in [0.1, 0.15) is 0 Å². The highest BCUT2D eigenvalue weighted by molar-refractivity contribution is 4.94. The van der Waals surface area contributed by atoms with E-state index in [1.807, 2.05) is 0 Å². The van der Waals surface area contributed by atoms with Gasteiger partial charge in [0, 0.05) is 0 Å². The Morgan fingerprint density at radius 3 is 1.91 bits per heavy atom. The first-order chi connectivity index (χ1) is 10.8. The van der Waals surface area contributed by atoms with Crippen molar-refractivity contribution in [2.75, 3.05) is 13.2 Å². The summed E-state index contributed by atoms with van der Waals surface area (Å²) in [5, 5.41) is 67.4. The smallest absolute Gasteiger partial charge is 0.187 e. The minimum atomic E-state index is -1.69. The van der Waals surface area contributed by atoms with E-state index < -0.39 is 74.6 Å². The third-order valence-electron chi connectivity index (χ3n) is 4.04. The molecule has 2 rings (SSSR count). The highest BCUT2D eigenvalue weighted by Crippen LogP contribution is 2.28. The van der Waals surface area contributed by atoms with Crippen LogP contribution in [0.2, 0.25) is 0 Å². The second-order valence-corrected chi connectivity index (χ2v) is 5.60. The topological polar surface area (TPSA) is 195 Å². The normalized spacial score (nSPS) is 51.7. The summed E-state index contributed by atoms with van der Waals surface area (Å²) >= 11 is 0. The number of hydrogen-bond donors (Lipinski definition) is 8. The van der Waals surface area contributed by atoms with E-state index in [1.165, 1.54) is 0 Å². The summed E-state index contributed by atoms with van der Waals surface area (Å²) in [6, 6.07) is 0. The zero-order valence-electron chi connectivity index (χ0n) is 12.1. The number of rotatable bonds is 4. The zero-order chi connectivity index (χ0) is 17.3. The molecule has 136 valence electrons. The van der Waals surface area contributed by atoms with Gasteiger partial charge in [-0.05, 0) is 0 Å². The van der Waals surface area contributed by atoms with Gasteiger partial charge in [0.2, 0.25) is 0 Å². The van der Waals surface area contributed by atoms with Crippen LogP contribution < -0.4 is 5.73 Å². The molecule has 0 aromatic rings. The van der Waals surface area contributed by atoms with Gasteiger partial charge in [-0.3, -0.25) is 0 Å². The van der Waals surface area contributed by atoms with Gasteiger partial charge in [0.25, 0.3) is 0 Å². The second kappa shape index (κ2) is 7.63. The highest BCUT2D eigenvalue weighted by atomic mass is 16.7. The quantitative estimate of drug-likeness (QED) is 0.243. The lowest BCUT2D eigenvalue weighted by molar-refractivity contribution is -0.341. The lowest BCUT2D eigenvalue weighted by Crippen LogP contribution is -2.65. The van der Waals surface area contributed by atoms with Gasteiger partial charge >= 0.3 is 0 Å². The average Bonchev–Trinajstić information content (AvgIpc) is 2.55. The number of aliphatic hydroxyl groups is 7. The van der Waals surface area contributed by atoms with Crippen LogP contribution in [0.5, 0.6) is 0 Å². The fourth-order valence-corrected chi connectivity index (χ4v) is 2.62. The summed E-state index contributed by atoms with van der Waals surface area (Å²) in [4.78, 5) is 0. The molecule has 10 atom stereocenters. The van der Waals surface area contributed by atoms with E-state index in [4.69, 9.17) is 25.1 Å². The van der Waals surface area contributed by atoms with Gasteiger partial charge in [-0.25, -0.2) is 0 Å². The predicted octanol–water partition coefficient (Wildman–Crippen LogP) is -5.43. The number of ether oxygens (including phenoxy) is 3. The van der Waals surface area contributed by atoms with Crippen molar-refractivity contribution in [2.24, 2.45) is 5.73 Å². The Labute approximate surface area is 131 Å². The summed E-state index contributed by atoms with van der Waals surface area (Å²) in [6.07, 6.45) is -14.4. The van der Waals surface area contributed by atoms with Gasteiger partial charge in [0.05, 0.1) is 13.2 Å². The van der Waals surface area contributed by atoms with E-state index in [2.05, 4.69) is 0 Å². The lowest BCUT2D eigenvalue weighted by Gasteiger charge is -2.45. The van der Waals surface area contributed by atoms with Gasteiger partial charge in [0.1, 0.15) is 55.1 Å². The Bertz CT molecular complexity index is 383. The maximum absolute atomic E-state index is 10.0. The molecule has 11 heteroatoms. The van der Waals surface area contributed by atoms with Gasteiger partial charge in [0.15, 0.2) is 6.29 Å². The molecule has 9 N–H and O–H groups in total. The Kier molecular flexibility index (Phi) is 6.27. The van der Waals surface area contributed by atoms with Crippen molar-refractivity contribution in [3.8, 4) is 0 Å². The number of aliphatic hydroxyl groups excluding tert-OH is 7. The lowest BCUT2D eigenvalue weighted by atomic mass is 9.96. The molecule has 0 radical (unpaired) electrons. The molecule has 2 fully saturated rings. The summed E-state index contributed by atoms with van der Waals surface area (Å²) < 4.78 is 15.6. The van der Waals surface area contributed by atoms with Gasteiger partial charge in [-0.2, -0.15) is 0 Å². The molecule has 0 spiro atoms. The maximum atomic E-state index is 10.0. The first-order valence-electron chi connectivity index (χ1n) is 7.15. The molecule has 0 aromatic carbocycles. The first-order valence-corrected chi connectivity index (χ1v) is 7.15. The van der Waals surface area contributed by atoms with Crippen molar-refractivity contribution in [1.82, 2.24) is 0 Å². The summed E-state index contributed by atoms with van der Waals surface area (Å²) in [6.45, 7) is -1.25. The van der Waals surface area contributed by atoms with Crippen molar-refractivity contribution < 1.29 is 50.0 Å². The molecular weight excluding hydrogens is 318 g/mol. The van der Waals surface area contributed by atoms with Crippen LogP contribution in [0.3, 0.4) is 0 Å². The molecule has 0 aromatic heterocycles. The van der Waals surface area contributed by atoms with Crippen LogP contribution in [0.15, 0.2) is 0 Å². The molecule has 2 aliphatic heterocycles. The van der Waals surface area contributed by atoms with Crippen molar-refractivity contribution >= 4 is 0 Å². The summed E-state index contributed by atoms with van der Waals surface area (Å²) in [5.74, 6) is 0. The highest BCUT2D eigenvalue weighted by Gasteiger charge is 2.49. The Morgan fingerprint density at radius 2 is 1.35 bits per heavy atom. The van der Waals surface area contributed by atoms with Crippen molar-refractivity contribution in [2.45, 2.75) is 61.3 Å². The van der Waals surface area contributed by atoms with Gasteiger partial charge in [-0.15, -0.1) is 0 Å². The minimum absolute atomic E-state index is 0.598. The van der Waals surface area contributed by atoms with Crippen LogP contribution in [0, 0.1) is 0 Å². The van der Waals surface area contributed by atoms with Crippen molar-refractivity contribution in [3.05, 3.63) is 0 Å². The molecular formula is C12H23NO10. The number of hydrogen-bond acceptors (Lipinski definition) is 11. The molecule has 2 aliphatic rings. The van der Waals surface area contributed by atoms with Crippen molar-refractivity contribution in [3.63, 3.8) is 0 Å². The summed E-state index contributed by atoms with van der Waals surface area (Å²) in [5.41, 5.74) is 5.46. The van der Waals surface area contributed by atoms with E-state index in [1.54, 1.807) is 0 Å². The molecule has 0 aliphatic carbocycles. The number of nitrogens with two attached hydrogens (primary N) is 1. The molecule has 0 bridgehead atoms. The molecule has 0 amide bonds. The van der Waals surface area contributed by atoms with Gasteiger partial charge in [-0.1, -0.05) is 0 Å². The van der Waals surface area contributed by atoms with Crippen LogP contribution in [-0.4, -0.2) is 110 Å². The SMILES string of the molecule is N[C@@H]1OC(CO)[C@@H](O[C@@H]2OC(CO)[C@H](O)C(O)C2O)[C@H](O)C1O. The third-order valence-corrected chi connectivity index (χ3v) is 4.04. The monoisotopic (exact) mass is 341 g/mol. The van der Waals surface area contributed by atoms with Gasteiger partial charge < -0.3 is 55.7 Å². The zero-order valence-corrected chi connectivity index (χ0v) is 12.1. The largest absolute Gasteiger partial charge is 0.394 e. The fourth-order valence-electron chi connectivity index (χ4n) is 2.62. The van der Waals surface area contributed by atoms with E-state index in [0.29, 0.717) is 0 Å². The second-order valence-electron chi connectivity index (χ2n) is 5.60. The van der Waals surface area contributed by atoms with E-state index in [0.717, 1.165) is 0 Å². The molecule has 2 heterocycles. The Hall–Kier alpha value is -0.440. The Morgan fingerprint density at radius 1 is 0.739 bits per heavy atom. The Balaban J connectivity index is 2.11. The van der Waals surface area contributed by atoms with Crippen LogP contribution in [0.4, 0.5) is 0 Å². The average molecular weight is 341 g/mol. The third kappa shape index (κ3) is 3.65. The summed E-state index contributed by atoms with van der Waals surface area (Å²) in [7, 11) is 0. The molecule has 2 saturated heterocycles. The molecule has 0 saturated carbocycles. The maximum Gasteiger partial charge on any atom is 0.187 e. The molecule has 11 nitrogen and oxygen atoms in total. The van der Waals surface area contributed by atoms with E-state index >= 15 is 0 Å². The van der Waals surface area contributed by atoms with Crippen molar-refractivity contribution in [1.29, 1.82) is 0 Å². The van der Waals surface area contributed by atoms with E-state index in [9.17, 15) is 30.6 Å². The van der Waals surface area contributed by atoms with Crippen LogP contribution >= 0.6 is 0 Å². The van der Waals surface area contributed by atoms with Crippen LogP contribution in [0.25, 0.3) is 0 Å². The standard InChI is InChI=1S/C12H23NO10/c13-11-8(19)7(18)10(4(2-15)21-11)23-12-9(20)6(17)5(16)3(1-14)22-12/h3-12,14-20H,1-2,13H2/t3?,4?,5-,6?,7+,8?,9?,10+,11+,12-/m0/s1.